The molecule has 6 nitrogen and oxygen atoms in total. The van der Waals surface area contributed by atoms with Gasteiger partial charge < -0.3 is 10.2 Å². The van der Waals surface area contributed by atoms with Crippen LogP contribution in [0.4, 0.5) is 11.5 Å². The number of rotatable bonds is 5. The molecule has 0 unspecified atom stereocenters. The van der Waals surface area contributed by atoms with Crippen LogP contribution in [0.25, 0.3) is 10.9 Å². The van der Waals surface area contributed by atoms with Gasteiger partial charge in [0, 0.05) is 24.7 Å². The Hall–Kier alpha value is -3.80. The number of carbonyl (C=O) groups is 1. The second-order valence-electron chi connectivity index (χ2n) is 8.23. The fraction of sp³-hybridized carbons (Fsp3) is 0.231. The minimum absolute atomic E-state index is 0.276. The Kier molecular flexibility index (Phi) is 5.75. The summed E-state index contributed by atoms with van der Waals surface area (Å²) in [6, 6.07) is 23.8. The van der Waals surface area contributed by atoms with Crippen molar-refractivity contribution in [2.75, 3.05) is 23.3 Å². The van der Waals surface area contributed by atoms with Crippen molar-refractivity contribution in [1.29, 1.82) is 0 Å². The number of hydrogen-bond donors (Lipinski definition) is 1. The van der Waals surface area contributed by atoms with Gasteiger partial charge in [-0.1, -0.05) is 36.4 Å². The van der Waals surface area contributed by atoms with E-state index in [4.69, 9.17) is 0 Å². The lowest BCUT2D eigenvalue weighted by molar-refractivity contribution is 0.102. The molecule has 0 bridgehead atoms. The third-order valence-corrected chi connectivity index (χ3v) is 6.08. The van der Waals surface area contributed by atoms with Crippen LogP contribution >= 0.6 is 0 Å². The lowest BCUT2D eigenvalue weighted by atomic mass is 9.90. The fourth-order valence-corrected chi connectivity index (χ4v) is 4.33. The summed E-state index contributed by atoms with van der Waals surface area (Å²) < 4.78 is 0. The molecule has 1 aliphatic rings. The zero-order valence-corrected chi connectivity index (χ0v) is 17.8. The highest BCUT2D eigenvalue weighted by molar-refractivity contribution is 6.07. The maximum atomic E-state index is 12.7. The van der Waals surface area contributed by atoms with Crippen molar-refractivity contribution in [2.24, 2.45) is 5.92 Å². The molecule has 2 aromatic heterocycles. The number of amides is 1. The topological polar surface area (TPSA) is 71.0 Å². The summed E-state index contributed by atoms with van der Waals surface area (Å²) in [7, 11) is 0. The molecule has 1 saturated heterocycles. The summed E-state index contributed by atoms with van der Waals surface area (Å²) in [4.78, 5) is 19.3. The van der Waals surface area contributed by atoms with E-state index in [2.05, 4.69) is 55.7 Å². The standard InChI is InChI=1S/C26H25N5O/c32-26(28-23-10-4-9-22-21(23)8-5-15-27-22)24-11-12-25(30-29-24)31-16-13-20(14-17-31)18-19-6-2-1-3-7-19/h1-12,15,20H,13-14,16-18H2,(H,28,32). The number of benzene rings is 2. The SMILES string of the molecule is O=C(Nc1cccc2ncccc12)c1ccc(N2CCC(Cc3ccccc3)CC2)nn1. The zero-order chi connectivity index (χ0) is 21.8. The van der Waals surface area contributed by atoms with E-state index in [1.165, 1.54) is 5.56 Å². The molecule has 160 valence electrons. The van der Waals surface area contributed by atoms with Gasteiger partial charge in [-0.05, 0) is 67.1 Å². The Labute approximate surface area is 187 Å². The predicted octanol–water partition coefficient (Wildman–Crippen LogP) is 4.74. The summed E-state index contributed by atoms with van der Waals surface area (Å²) in [5.74, 6) is 1.25. The Morgan fingerprint density at radius 2 is 1.75 bits per heavy atom. The monoisotopic (exact) mass is 423 g/mol. The van der Waals surface area contributed by atoms with Crippen LogP contribution in [0.1, 0.15) is 28.9 Å². The summed E-state index contributed by atoms with van der Waals surface area (Å²) in [5, 5.41) is 12.4. The van der Waals surface area contributed by atoms with Gasteiger partial charge in [0.1, 0.15) is 0 Å². The van der Waals surface area contributed by atoms with Crippen LogP contribution in [-0.4, -0.2) is 34.2 Å². The number of carbonyl (C=O) groups excluding carboxylic acids is 1. The van der Waals surface area contributed by atoms with Gasteiger partial charge in [-0.25, -0.2) is 0 Å². The van der Waals surface area contributed by atoms with E-state index in [0.29, 0.717) is 17.3 Å². The molecule has 1 fully saturated rings. The average Bonchev–Trinajstić information content (AvgIpc) is 2.85. The van der Waals surface area contributed by atoms with E-state index in [1.807, 2.05) is 36.4 Å². The Morgan fingerprint density at radius 1 is 0.906 bits per heavy atom. The second kappa shape index (κ2) is 9.14. The Bertz CT molecular complexity index is 1200. The quantitative estimate of drug-likeness (QED) is 0.502. The minimum Gasteiger partial charge on any atom is -0.355 e. The Balaban J connectivity index is 1.20. The van der Waals surface area contributed by atoms with Crippen LogP contribution in [0.3, 0.4) is 0 Å². The third kappa shape index (κ3) is 4.44. The largest absolute Gasteiger partial charge is 0.355 e. The Morgan fingerprint density at radius 3 is 2.53 bits per heavy atom. The highest BCUT2D eigenvalue weighted by atomic mass is 16.1. The highest BCUT2D eigenvalue weighted by Crippen LogP contribution is 2.25. The molecule has 0 aliphatic carbocycles. The first-order valence-electron chi connectivity index (χ1n) is 11.0. The van der Waals surface area contributed by atoms with Crippen LogP contribution in [0, 0.1) is 5.92 Å². The maximum absolute atomic E-state index is 12.7. The molecule has 1 aliphatic heterocycles. The number of aromatic nitrogens is 3. The van der Waals surface area contributed by atoms with Gasteiger partial charge in [0.05, 0.1) is 11.2 Å². The minimum atomic E-state index is -0.276. The van der Waals surface area contributed by atoms with Crippen LogP contribution in [0.5, 0.6) is 0 Å². The first-order valence-corrected chi connectivity index (χ1v) is 11.0. The summed E-state index contributed by atoms with van der Waals surface area (Å²) in [5.41, 5.74) is 3.26. The van der Waals surface area contributed by atoms with E-state index >= 15 is 0 Å². The van der Waals surface area contributed by atoms with Gasteiger partial charge in [-0.3, -0.25) is 9.78 Å². The van der Waals surface area contributed by atoms with Gasteiger partial charge in [-0.2, -0.15) is 0 Å². The highest BCUT2D eigenvalue weighted by Gasteiger charge is 2.21. The molecule has 2 aromatic carbocycles. The average molecular weight is 424 g/mol. The number of nitrogens with one attached hydrogen (secondary N) is 1. The molecule has 0 saturated carbocycles. The van der Waals surface area contributed by atoms with Crippen molar-refractivity contribution in [3.05, 3.63) is 90.3 Å². The fourth-order valence-electron chi connectivity index (χ4n) is 4.33. The van der Waals surface area contributed by atoms with Crippen LogP contribution in [0.15, 0.2) is 79.0 Å². The second-order valence-corrected chi connectivity index (χ2v) is 8.23. The number of pyridine rings is 1. The van der Waals surface area contributed by atoms with Crippen LogP contribution < -0.4 is 10.2 Å². The summed E-state index contributed by atoms with van der Waals surface area (Å²) >= 11 is 0. The molecule has 4 aromatic rings. The molecule has 5 rings (SSSR count). The number of piperidine rings is 1. The number of anilines is 2. The van der Waals surface area contributed by atoms with Crippen molar-refractivity contribution in [3.8, 4) is 0 Å². The molecular weight excluding hydrogens is 398 g/mol. The molecule has 1 amide bonds. The van der Waals surface area contributed by atoms with Gasteiger partial charge in [0.2, 0.25) is 0 Å². The molecule has 1 N–H and O–H groups in total. The molecule has 6 heteroatoms. The first kappa shape index (κ1) is 20.1. The van der Waals surface area contributed by atoms with E-state index in [9.17, 15) is 4.79 Å². The molecule has 3 heterocycles. The lowest BCUT2D eigenvalue weighted by Gasteiger charge is -2.32. The zero-order valence-electron chi connectivity index (χ0n) is 17.8. The van der Waals surface area contributed by atoms with E-state index in [0.717, 1.165) is 49.1 Å². The van der Waals surface area contributed by atoms with Crippen molar-refractivity contribution < 1.29 is 4.79 Å². The van der Waals surface area contributed by atoms with Crippen molar-refractivity contribution in [3.63, 3.8) is 0 Å². The molecule has 32 heavy (non-hydrogen) atoms. The van der Waals surface area contributed by atoms with Crippen LogP contribution in [0.2, 0.25) is 0 Å². The normalized spacial score (nSPS) is 14.4. The van der Waals surface area contributed by atoms with Crippen LogP contribution in [-0.2, 0) is 6.42 Å². The van der Waals surface area contributed by atoms with Crippen molar-refractivity contribution in [2.45, 2.75) is 19.3 Å². The van der Waals surface area contributed by atoms with Gasteiger partial charge in [0.25, 0.3) is 5.91 Å². The van der Waals surface area contributed by atoms with Gasteiger partial charge in [-0.15, -0.1) is 10.2 Å². The van der Waals surface area contributed by atoms with E-state index in [1.54, 1.807) is 12.3 Å². The summed E-state index contributed by atoms with van der Waals surface area (Å²) in [6.45, 7) is 1.92. The molecular formula is C26H25N5O. The number of nitrogens with zero attached hydrogens (tertiary/aromatic N) is 4. The van der Waals surface area contributed by atoms with E-state index < -0.39 is 0 Å². The predicted molar refractivity (Wildman–Crippen MR) is 127 cm³/mol. The lowest BCUT2D eigenvalue weighted by Crippen LogP contribution is -2.35. The molecule has 0 spiro atoms. The molecule has 0 atom stereocenters. The van der Waals surface area contributed by atoms with Crippen molar-refractivity contribution in [1.82, 2.24) is 15.2 Å². The number of fused-ring (bicyclic) bond motifs is 1. The number of hydrogen-bond acceptors (Lipinski definition) is 5. The smallest absolute Gasteiger partial charge is 0.276 e. The van der Waals surface area contributed by atoms with Crippen molar-refractivity contribution >= 4 is 28.3 Å². The maximum Gasteiger partial charge on any atom is 0.276 e. The summed E-state index contributed by atoms with van der Waals surface area (Å²) in [6.07, 6.45) is 5.13. The van der Waals surface area contributed by atoms with Gasteiger partial charge >= 0.3 is 0 Å². The first-order chi connectivity index (χ1) is 15.8. The van der Waals surface area contributed by atoms with Gasteiger partial charge in [0.15, 0.2) is 11.5 Å². The molecule has 0 radical (unpaired) electrons. The van der Waals surface area contributed by atoms with E-state index in [-0.39, 0.29) is 5.91 Å². The third-order valence-electron chi connectivity index (χ3n) is 6.08.